The van der Waals surface area contributed by atoms with Crippen molar-refractivity contribution in [1.29, 1.82) is 0 Å². The van der Waals surface area contributed by atoms with E-state index in [4.69, 9.17) is 28.9 Å². The average Bonchev–Trinajstić information content (AvgIpc) is 2.66. The van der Waals surface area contributed by atoms with Gasteiger partial charge < -0.3 is 10.8 Å². The van der Waals surface area contributed by atoms with E-state index >= 15 is 0 Å². The minimum atomic E-state index is -1.41. The third kappa shape index (κ3) is 3.91. The molecular formula is C19H14Cl2FN3O3. The van der Waals surface area contributed by atoms with Crippen LogP contribution in [-0.4, -0.2) is 20.9 Å². The predicted octanol–water partition coefficient (Wildman–Crippen LogP) is 3.56. The van der Waals surface area contributed by atoms with Gasteiger partial charge in [0.25, 0.3) is 5.56 Å². The molecule has 0 aliphatic carbocycles. The number of aromatic carboxylic acids is 1. The Morgan fingerprint density at radius 1 is 1.18 bits per heavy atom. The van der Waals surface area contributed by atoms with E-state index in [2.05, 4.69) is 5.10 Å². The SMILES string of the molecule is NCc1cc(-c2cc(C(=O)O)c(=O)n(Cc3c(Cl)cccc3Cl)n2)ccc1F. The number of hydrogen-bond donors (Lipinski definition) is 2. The second-order valence-corrected chi connectivity index (χ2v) is 6.74. The van der Waals surface area contributed by atoms with Crippen molar-refractivity contribution in [2.75, 3.05) is 0 Å². The summed E-state index contributed by atoms with van der Waals surface area (Å²) in [5.74, 6) is -1.89. The summed E-state index contributed by atoms with van der Waals surface area (Å²) in [4.78, 5) is 24.1. The van der Waals surface area contributed by atoms with Crippen molar-refractivity contribution in [2.24, 2.45) is 5.73 Å². The second-order valence-electron chi connectivity index (χ2n) is 5.92. The van der Waals surface area contributed by atoms with Crippen molar-refractivity contribution in [1.82, 2.24) is 9.78 Å². The van der Waals surface area contributed by atoms with Crippen LogP contribution in [-0.2, 0) is 13.1 Å². The van der Waals surface area contributed by atoms with Crippen LogP contribution < -0.4 is 11.3 Å². The predicted molar refractivity (Wildman–Crippen MR) is 104 cm³/mol. The van der Waals surface area contributed by atoms with Crippen molar-refractivity contribution < 1.29 is 14.3 Å². The molecule has 0 aliphatic heterocycles. The molecule has 0 fully saturated rings. The standard InChI is InChI=1S/C19H14Cl2FN3O3/c20-14-2-1-3-15(21)13(14)9-25-18(26)12(19(27)28)7-17(24-25)10-4-5-16(22)11(6-10)8-23/h1-7H,8-9,23H2,(H,27,28). The Labute approximate surface area is 168 Å². The molecule has 9 heteroatoms. The fourth-order valence-electron chi connectivity index (χ4n) is 2.67. The summed E-state index contributed by atoms with van der Waals surface area (Å²) in [7, 11) is 0. The first kappa shape index (κ1) is 20.0. The molecule has 3 rings (SSSR count). The highest BCUT2D eigenvalue weighted by atomic mass is 35.5. The summed E-state index contributed by atoms with van der Waals surface area (Å²) in [5.41, 5.74) is 5.50. The zero-order valence-corrected chi connectivity index (χ0v) is 15.8. The molecule has 144 valence electrons. The number of nitrogens with zero attached hydrogens (tertiary/aromatic N) is 2. The Kier molecular flexibility index (Phi) is 5.79. The molecule has 0 bridgehead atoms. The smallest absolute Gasteiger partial charge is 0.341 e. The van der Waals surface area contributed by atoms with Crippen LogP contribution in [0.2, 0.25) is 10.0 Å². The van der Waals surface area contributed by atoms with Gasteiger partial charge in [0, 0.05) is 33.3 Å². The van der Waals surface area contributed by atoms with Crippen LogP contribution in [0.4, 0.5) is 4.39 Å². The van der Waals surface area contributed by atoms with Crippen molar-refractivity contribution in [3.63, 3.8) is 0 Å². The molecule has 3 aromatic rings. The summed E-state index contributed by atoms with van der Waals surface area (Å²) >= 11 is 12.3. The third-order valence-corrected chi connectivity index (χ3v) is 4.84. The van der Waals surface area contributed by atoms with E-state index in [1.165, 1.54) is 18.2 Å². The highest BCUT2D eigenvalue weighted by molar-refractivity contribution is 6.35. The first-order chi connectivity index (χ1) is 13.3. The number of carboxylic acids is 1. The van der Waals surface area contributed by atoms with Gasteiger partial charge in [-0.15, -0.1) is 0 Å². The minimum Gasteiger partial charge on any atom is -0.477 e. The zero-order valence-electron chi connectivity index (χ0n) is 14.3. The van der Waals surface area contributed by atoms with Gasteiger partial charge >= 0.3 is 5.97 Å². The molecular weight excluding hydrogens is 408 g/mol. The van der Waals surface area contributed by atoms with Gasteiger partial charge in [-0.25, -0.2) is 13.9 Å². The van der Waals surface area contributed by atoms with Crippen LogP contribution in [0.3, 0.4) is 0 Å². The van der Waals surface area contributed by atoms with E-state index in [1.807, 2.05) is 0 Å². The largest absolute Gasteiger partial charge is 0.477 e. The molecule has 0 spiro atoms. The Morgan fingerprint density at radius 3 is 2.46 bits per heavy atom. The number of halogens is 3. The molecule has 0 radical (unpaired) electrons. The molecule has 3 N–H and O–H groups in total. The molecule has 6 nitrogen and oxygen atoms in total. The summed E-state index contributed by atoms with van der Waals surface area (Å²) in [6, 6.07) is 10.1. The zero-order chi connectivity index (χ0) is 20.4. The number of carbonyl (C=O) groups is 1. The lowest BCUT2D eigenvalue weighted by Crippen LogP contribution is -2.29. The number of carboxylic acid groups (broad SMARTS) is 1. The maximum Gasteiger partial charge on any atom is 0.341 e. The Balaban J connectivity index is 2.18. The lowest BCUT2D eigenvalue weighted by molar-refractivity contribution is 0.0693. The molecule has 0 amide bonds. The molecule has 0 aliphatic rings. The minimum absolute atomic E-state index is 0.0413. The van der Waals surface area contributed by atoms with E-state index in [0.717, 1.165) is 10.7 Å². The van der Waals surface area contributed by atoms with Crippen molar-refractivity contribution >= 4 is 29.2 Å². The Morgan fingerprint density at radius 2 is 1.86 bits per heavy atom. The van der Waals surface area contributed by atoms with Gasteiger partial charge in [-0.2, -0.15) is 5.10 Å². The van der Waals surface area contributed by atoms with Gasteiger partial charge in [-0.3, -0.25) is 4.79 Å². The van der Waals surface area contributed by atoms with Crippen molar-refractivity contribution in [3.8, 4) is 11.3 Å². The maximum atomic E-state index is 13.7. The molecule has 1 heterocycles. The fourth-order valence-corrected chi connectivity index (χ4v) is 3.18. The van der Waals surface area contributed by atoms with Gasteiger partial charge in [-0.1, -0.05) is 29.3 Å². The monoisotopic (exact) mass is 421 g/mol. The molecule has 0 unspecified atom stereocenters. The molecule has 0 atom stereocenters. The van der Waals surface area contributed by atoms with Gasteiger partial charge in [0.05, 0.1) is 12.2 Å². The number of aromatic nitrogens is 2. The van der Waals surface area contributed by atoms with Gasteiger partial charge in [-0.05, 0) is 36.4 Å². The van der Waals surface area contributed by atoms with Crippen molar-refractivity contribution in [2.45, 2.75) is 13.1 Å². The number of rotatable bonds is 5. The van der Waals surface area contributed by atoms with Gasteiger partial charge in [0.2, 0.25) is 0 Å². The third-order valence-electron chi connectivity index (χ3n) is 4.14. The van der Waals surface area contributed by atoms with Crippen LogP contribution in [0.15, 0.2) is 47.3 Å². The van der Waals surface area contributed by atoms with Crippen molar-refractivity contribution in [3.05, 3.63) is 85.4 Å². The van der Waals surface area contributed by atoms with E-state index in [-0.39, 0.29) is 24.3 Å². The lowest BCUT2D eigenvalue weighted by Gasteiger charge is -2.12. The summed E-state index contributed by atoms with van der Waals surface area (Å²) in [6.07, 6.45) is 0. The Bertz CT molecular complexity index is 1110. The lowest BCUT2D eigenvalue weighted by atomic mass is 10.1. The van der Waals surface area contributed by atoms with E-state index in [9.17, 15) is 19.1 Å². The summed E-state index contributed by atoms with van der Waals surface area (Å²) in [5, 5.41) is 14.3. The summed E-state index contributed by atoms with van der Waals surface area (Å²) < 4.78 is 14.7. The van der Waals surface area contributed by atoms with Gasteiger partial charge in [0.1, 0.15) is 11.4 Å². The van der Waals surface area contributed by atoms with Crippen LogP contribution >= 0.6 is 23.2 Å². The first-order valence-electron chi connectivity index (χ1n) is 8.09. The van der Waals surface area contributed by atoms with Crippen LogP contribution in [0.1, 0.15) is 21.5 Å². The van der Waals surface area contributed by atoms with Crippen LogP contribution in [0.25, 0.3) is 11.3 Å². The second kappa shape index (κ2) is 8.10. The molecule has 2 aromatic carbocycles. The summed E-state index contributed by atoms with van der Waals surface area (Å²) in [6.45, 7) is -0.170. The van der Waals surface area contributed by atoms with E-state index in [1.54, 1.807) is 18.2 Å². The van der Waals surface area contributed by atoms with E-state index in [0.29, 0.717) is 21.2 Å². The van der Waals surface area contributed by atoms with Crippen LogP contribution in [0, 0.1) is 5.82 Å². The molecule has 28 heavy (non-hydrogen) atoms. The molecule has 1 aromatic heterocycles. The number of nitrogens with two attached hydrogens (primary N) is 1. The highest BCUT2D eigenvalue weighted by Gasteiger charge is 2.18. The van der Waals surface area contributed by atoms with Gasteiger partial charge in [0.15, 0.2) is 0 Å². The quantitative estimate of drug-likeness (QED) is 0.655. The molecule has 0 saturated heterocycles. The first-order valence-corrected chi connectivity index (χ1v) is 8.84. The number of benzene rings is 2. The number of hydrogen-bond acceptors (Lipinski definition) is 4. The average molecular weight is 422 g/mol. The molecule has 0 saturated carbocycles. The Hall–Kier alpha value is -2.74. The van der Waals surface area contributed by atoms with Crippen LogP contribution in [0.5, 0.6) is 0 Å². The normalized spacial score (nSPS) is 10.9. The fraction of sp³-hybridized carbons (Fsp3) is 0.105. The topological polar surface area (TPSA) is 98.2 Å². The highest BCUT2D eigenvalue weighted by Crippen LogP contribution is 2.25. The maximum absolute atomic E-state index is 13.7. The van der Waals surface area contributed by atoms with E-state index < -0.39 is 22.9 Å².